The van der Waals surface area contributed by atoms with Crippen molar-refractivity contribution >= 4 is 38.9 Å². The van der Waals surface area contributed by atoms with Gasteiger partial charge in [-0.15, -0.1) is 11.3 Å². The fourth-order valence-corrected chi connectivity index (χ4v) is 5.05. The minimum absolute atomic E-state index is 0.0521. The zero-order chi connectivity index (χ0) is 20.5. The Labute approximate surface area is 172 Å². The zero-order valence-electron chi connectivity index (χ0n) is 16.5. The maximum absolute atomic E-state index is 13.0. The third-order valence-electron chi connectivity index (χ3n) is 5.41. The molecule has 29 heavy (non-hydrogen) atoms. The maximum atomic E-state index is 13.0. The Morgan fingerprint density at radius 2 is 2.03 bits per heavy atom. The highest BCUT2D eigenvalue weighted by Gasteiger charge is 2.23. The molecule has 0 saturated heterocycles. The summed E-state index contributed by atoms with van der Waals surface area (Å²) in [5, 5.41) is 3.44. The second-order valence-corrected chi connectivity index (χ2v) is 8.70. The lowest BCUT2D eigenvalue weighted by atomic mass is 9.89. The lowest BCUT2D eigenvalue weighted by molar-refractivity contribution is -0.115. The summed E-state index contributed by atoms with van der Waals surface area (Å²) >= 11 is 1.61. The van der Waals surface area contributed by atoms with E-state index in [2.05, 4.69) is 17.2 Å². The van der Waals surface area contributed by atoms with Crippen LogP contribution in [-0.4, -0.2) is 21.2 Å². The lowest BCUT2D eigenvalue weighted by Gasteiger charge is -2.17. The van der Waals surface area contributed by atoms with Gasteiger partial charge in [-0.3, -0.25) is 19.0 Å². The highest BCUT2D eigenvalue weighted by molar-refractivity contribution is 7.18. The molecule has 150 valence electrons. The minimum Gasteiger partial charge on any atom is -0.326 e. The molecule has 2 heterocycles. The van der Waals surface area contributed by atoms with Crippen LogP contribution in [0, 0.1) is 5.92 Å². The van der Waals surface area contributed by atoms with E-state index in [1.165, 1.54) is 15.8 Å². The molecule has 4 rings (SSSR count). The van der Waals surface area contributed by atoms with Crippen molar-refractivity contribution in [2.75, 3.05) is 5.32 Å². The Morgan fingerprint density at radius 1 is 1.28 bits per heavy atom. The molecule has 1 atom stereocenters. The van der Waals surface area contributed by atoms with Gasteiger partial charge in [0.25, 0.3) is 5.56 Å². The number of nitrogens with zero attached hydrogens (tertiary/aromatic N) is 2. The van der Waals surface area contributed by atoms with Gasteiger partial charge in [0.2, 0.25) is 5.91 Å². The van der Waals surface area contributed by atoms with Crippen molar-refractivity contribution in [3.63, 3.8) is 0 Å². The van der Waals surface area contributed by atoms with E-state index in [9.17, 15) is 14.4 Å². The van der Waals surface area contributed by atoms with Gasteiger partial charge in [0.15, 0.2) is 5.78 Å². The molecule has 0 spiro atoms. The normalized spacial score (nSPS) is 15.9. The summed E-state index contributed by atoms with van der Waals surface area (Å²) in [6.45, 7) is 3.96. The molecule has 0 saturated carbocycles. The third-order valence-corrected chi connectivity index (χ3v) is 6.57. The Hall–Kier alpha value is -2.80. The van der Waals surface area contributed by atoms with Gasteiger partial charge in [-0.1, -0.05) is 13.8 Å². The van der Waals surface area contributed by atoms with Gasteiger partial charge in [0.05, 0.1) is 18.3 Å². The summed E-state index contributed by atoms with van der Waals surface area (Å²) in [5.74, 6) is 0.382. The topological polar surface area (TPSA) is 81.1 Å². The summed E-state index contributed by atoms with van der Waals surface area (Å²) in [4.78, 5) is 43.7. The van der Waals surface area contributed by atoms with Gasteiger partial charge in [0, 0.05) is 22.5 Å². The number of benzene rings is 1. The fraction of sp³-hybridized carbons (Fsp3) is 0.364. The number of ketones is 1. The van der Waals surface area contributed by atoms with Crippen LogP contribution >= 0.6 is 11.3 Å². The number of rotatable bonds is 5. The molecule has 1 aromatic carbocycles. The summed E-state index contributed by atoms with van der Waals surface area (Å²) in [7, 11) is 0. The van der Waals surface area contributed by atoms with E-state index < -0.39 is 0 Å². The van der Waals surface area contributed by atoms with Gasteiger partial charge in [-0.25, -0.2) is 4.98 Å². The van der Waals surface area contributed by atoms with Crippen molar-refractivity contribution in [3.05, 3.63) is 57.0 Å². The SMILES string of the molecule is CCC(=O)Nc1ccc(C(=O)Cn2cnc3sc4c(c3c2=O)CC[C@H](C)C4)cc1. The number of aryl methyl sites for hydroxylation is 1. The summed E-state index contributed by atoms with van der Waals surface area (Å²) in [6.07, 6.45) is 4.84. The quantitative estimate of drug-likeness (QED) is 0.650. The Kier molecular flexibility index (Phi) is 5.32. The molecule has 1 aliphatic rings. The summed E-state index contributed by atoms with van der Waals surface area (Å²) in [5.41, 5.74) is 2.13. The number of nitrogens with one attached hydrogen (secondary N) is 1. The molecule has 3 aromatic rings. The monoisotopic (exact) mass is 409 g/mol. The molecule has 0 unspecified atom stereocenters. The second kappa shape index (κ2) is 7.91. The van der Waals surface area contributed by atoms with Crippen molar-refractivity contribution in [2.45, 2.75) is 46.1 Å². The van der Waals surface area contributed by atoms with E-state index in [1.54, 1.807) is 42.5 Å². The highest BCUT2D eigenvalue weighted by Crippen LogP contribution is 2.35. The average Bonchev–Trinajstić information content (AvgIpc) is 3.08. The molecule has 7 heteroatoms. The van der Waals surface area contributed by atoms with Gasteiger partial charge in [0.1, 0.15) is 4.83 Å². The number of carbonyl (C=O) groups is 2. The smallest absolute Gasteiger partial charge is 0.262 e. The van der Waals surface area contributed by atoms with Crippen molar-refractivity contribution in [2.24, 2.45) is 5.92 Å². The number of amides is 1. The first-order valence-corrected chi connectivity index (χ1v) is 10.7. The van der Waals surface area contributed by atoms with E-state index in [-0.39, 0.29) is 23.8 Å². The number of aromatic nitrogens is 2. The first kappa shape index (κ1) is 19.5. The van der Waals surface area contributed by atoms with Crippen molar-refractivity contribution in [1.82, 2.24) is 9.55 Å². The number of Topliss-reactive ketones (excluding diaryl/α,β-unsaturated/α-hetero) is 1. The van der Waals surface area contributed by atoms with E-state index in [0.717, 1.165) is 29.7 Å². The van der Waals surface area contributed by atoms with Crippen LogP contribution < -0.4 is 10.9 Å². The number of hydrogen-bond acceptors (Lipinski definition) is 5. The predicted octanol–water partition coefficient (Wildman–Crippen LogP) is 3.81. The van der Waals surface area contributed by atoms with E-state index >= 15 is 0 Å². The molecular formula is C22H23N3O3S. The van der Waals surface area contributed by atoms with E-state index in [1.807, 2.05) is 0 Å². The van der Waals surface area contributed by atoms with Crippen LogP contribution in [0.4, 0.5) is 5.69 Å². The summed E-state index contributed by atoms with van der Waals surface area (Å²) < 4.78 is 1.41. The molecule has 0 radical (unpaired) electrons. The van der Waals surface area contributed by atoms with Crippen molar-refractivity contribution < 1.29 is 9.59 Å². The van der Waals surface area contributed by atoms with Crippen LogP contribution in [-0.2, 0) is 24.2 Å². The van der Waals surface area contributed by atoms with Crippen LogP contribution in [0.2, 0.25) is 0 Å². The van der Waals surface area contributed by atoms with Crippen LogP contribution in [0.25, 0.3) is 10.2 Å². The van der Waals surface area contributed by atoms with Crippen molar-refractivity contribution in [3.8, 4) is 0 Å². The van der Waals surface area contributed by atoms with Crippen LogP contribution in [0.5, 0.6) is 0 Å². The first-order valence-electron chi connectivity index (χ1n) is 9.89. The standard InChI is InChI=1S/C22H23N3O3S/c1-3-19(27)24-15-7-5-14(6-8-15)17(26)11-25-12-23-21-20(22(25)28)16-9-4-13(2)10-18(16)29-21/h5-8,12-13H,3-4,9-11H2,1-2H3,(H,24,27)/t13-/m0/s1. The van der Waals surface area contributed by atoms with Crippen LogP contribution in [0.1, 0.15) is 47.5 Å². The van der Waals surface area contributed by atoms with Gasteiger partial charge < -0.3 is 5.32 Å². The molecule has 6 nitrogen and oxygen atoms in total. The van der Waals surface area contributed by atoms with Gasteiger partial charge in [-0.2, -0.15) is 0 Å². The zero-order valence-corrected chi connectivity index (χ0v) is 17.3. The number of thiophene rings is 1. The molecule has 1 aliphatic carbocycles. The first-order chi connectivity index (χ1) is 14.0. The molecule has 0 aliphatic heterocycles. The Balaban J connectivity index is 1.58. The molecule has 1 N–H and O–H groups in total. The maximum Gasteiger partial charge on any atom is 0.262 e. The van der Waals surface area contributed by atoms with Gasteiger partial charge in [-0.05, 0) is 55.0 Å². The largest absolute Gasteiger partial charge is 0.326 e. The molecule has 0 bridgehead atoms. The lowest BCUT2D eigenvalue weighted by Crippen LogP contribution is -2.25. The third kappa shape index (κ3) is 3.87. The molecule has 2 aromatic heterocycles. The predicted molar refractivity (Wildman–Crippen MR) is 115 cm³/mol. The Morgan fingerprint density at radius 3 is 2.76 bits per heavy atom. The van der Waals surface area contributed by atoms with Gasteiger partial charge >= 0.3 is 0 Å². The minimum atomic E-state index is -0.167. The number of fused-ring (bicyclic) bond motifs is 3. The highest BCUT2D eigenvalue weighted by atomic mass is 32.1. The second-order valence-electron chi connectivity index (χ2n) is 7.61. The number of anilines is 1. The van der Waals surface area contributed by atoms with E-state index in [4.69, 9.17) is 0 Å². The van der Waals surface area contributed by atoms with Crippen LogP contribution in [0.3, 0.4) is 0 Å². The van der Waals surface area contributed by atoms with Crippen LogP contribution in [0.15, 0.2) is 35.4 Å². The fourth-order valence-electron chi connectivity index (χ4n) is 3.71. The van der Waals surface area contributed by atoms with E-state index in [0.29, 0.717) is 29.0 Å². The molecular weight excluding hydrogens is 386 g/mol. The number of hydrogen-bond donors (Lipinski definition) is 1. The average molecular weight is 410 g/mol. The summed E-state index contributed by atoms with van der Waals surface area (Å²) in [6, 6.07) is 6.72. The molecule has 0 fully saturated rings. The van der Waals surface area contributed by atoms with Crippen molar-refractivity contribution in [1.29, 1.82) is 0 Å². The Bertz CT molecular complexity index is 1140. The number of carbonyl (C=O) groups excluding carboxylic acids is 2. The molecule has 1 amide bonds.